The second-order valence-corrected chi connectivity index (χ2v) is 6.11. The zero-order valence-electron chi connectivity index (χ0n) is 14.4. The van der Waals surface area contributed by atoms with Gasteiger partial charge in [0.25, 0.3) is 12.3 Å². The Morgan fingerprint density at radius 2 is 1.85 bits per heavy atom. The summed E-state index contributed by atoms with van der Waals surface area (Å²) in [6, 6.07) is 8.47. The highest BCUT2D eigenvalue weighted by Gasteiger charge is 2.23. The minimum absolute atomic E-state index is 0.174. The summed E-state index contributed by atoms with van der Waals surface area (Å²) in [6.45, 7) is 1.65. The van der Waals surface area contributed by atoms with Gasteiger partial charge in [-0.25, -0.2) is 18.7 Å². The first-order valence-corrected chi connectivity index (χ1v) is 8.21. The van der Waals surface area contributed by atoms with Gasteiger partial charge in [0.05, 0.1) is 5.56 Å². The highest BCUT2D eigenvalue weighted by molar-refractivity contribution is 6.30. The highest BCUT2D eigenvalue weighted by Crippen LogP contribution is 2.23. The van der Waals surface area contributed by atoms with Gasteiger partial charge in [0.2, 0.25) is 0 Å². The number of rotatable bonds is 5. The third-order valence-corrected chi connectivity index (χ3v) is 3.76. The first-order valence-electron chi connectivity index (χ1n) is 7.83. The van der Waals surface area contributed by atoms with Gasteiger partial charge >= 0.3 is 0 Å². The summed E-state index contributed by atoms with van der Waals surface area (Å²) >= 11 is 5.86. The Morgan fingerprint density at radius 1 is 1.19 bits per heavy atom. The van der Waals surface area contributed by atoms with Gasteiger partial charge in [0, 0.05) is 30.0 Å². The molecule has 0 bridgehead atoms. The topological polar surface area (TPSA) is 84.7 Å². The monoisotopic (exact) mass is 392 g/mol. The van der Waals surface area contributed by atoms with E-state index in [0.29, 0.717) is 16.7 Å². The second-order valence-electron chi connectivity index (χ2n) is 5.67. The minimum atomic E-state index is -2.86. The lowest BCUT2D eigenvalue weighted by molar-refractivity contribution is 0.101. The SMILES string of the molecule is Cc1nc(NC(=O)c2cn(C)nc2C(F)F)cc(Nc2ccc(Cl)cc2)n1. The Morgan fingerprint density at radius 3 is 2.52 bits per heavy atom. The summed E-state index contributed by atoms with van der Waals surface area (Å²) in [5.74, 6) is 0.270. The van der Waals surface area contributed by atoms with E-state index in [0.717, 1.165) is 10.4 Å². The fraction of sp³-hybridized carbons (Fsp3) is 0.176. The predicted octanol–water partition coefficient (Wildman–Crippen LogP) is 4.11. The number of nitrogens with one attached hydrogen (secondary N) is 2. The molecule has 7 nitrogen and oxygen atoms in total. The number of nitrogens with zero attached hydrogens (tertiary/aromatic N) is 4. The van der Waals surface area contributed by atoms with Gasteiger partial charge in [-0.2, -0.15) is 5.10 Å². The Kier molecular flexibility index (Phi) is 5.31. The third-order valence-electron chi connectivity index (χ3n) is 3.50. The van der Waals surface area contributed by atoms with E-state index in [1.165, 1.54) is 19.3 Å². The van der Waals surface area contributed by atoms with E-state index in [-0.39, 0.29) is 11.4 Å². The van der Waals surface area contributed by atoms with E-state index in [4.69, 9.17) is 11.6 Å². The number of anilines is 3. The van der Waals surface area contributed by atoms with Crippen molar-refractivity contribution in [3.8, 4) is 0 Å². The Bertz CT molecular complexity index is 974. The molecule has 10 heteroatoms. The smallest absolute Gasteiger partial charge is 0.282 e. The van der Waals surface area contributed by atoms with Crippen LogP contribution in [0.15, 0.2) is 36.5 Å². The molecule has 0 saturated heterocycles. The highest BCUT2D eigenvalue weighted by atomic mass is 35.5. The molecular formula is C17H15ClF2N6O. The van der Waals surface area contributed by atoms with E-state index >= 15 is 0 Å². The largest absolute Gasteiger partial charge is 0.340 e. The molecule has 1 amide bonds. The summed E-state index contributed by atoms with van der Waals surface area (Å²) in [7, 11) is 1.46. The number of hydrogen-bond donors (Lipinski definition) is 2. The van der Waals surface area contributed by atoms with Crippen LogP contribution in [0, 0.1) is 6.92 Å². The zero-order chi connectivity index (χ0) is 19.6. The van der Waals surface area contributed by atoms with Crippen LogP contribution in [0.2, 0.25) is 5.02 Å². The summed E-state index contributed by atoms with van der Waals surface area (Å²) in [5.41, 5.74) is -0.0571. The maximum absolute atomic E-state index is 13.0. The molecule has 1 aromatic carbocycles. The maximum atomic E-state index is 13.0. The predicted molar refractivity (Wildman–Crippen MR) is 97.6 cm³/mol. The standard InChI is InChI=1S/C17H15ClF2N6O/c1-9-21-13(23-11-5-3-10(18)4-6-11)7-14(22-9)24-17(27)12-8-26(2)25-15(12)16(19)20/h3-8,16H,1-2H3,(H2,21,22,23,24,27). The molecule has 2 aromatic heterocycles. The maximum Gasteiger partial charge on any atom is 0.282 e. The molecule has 0 unspecified atom stereocenters. The molecule has 0 saturated carbocycles. The molecule has 2 N–H and O–H groups in total. The van der Waals surface area contributed by atoms with Crippen LogP contribution in [0.1, 0.15) is 28.3 Å². The summed E-state index contributed by atoms with van der Waals surface area (Å²) < 4.78 is 27.2. The van der Waals surface area contributed by atoms with E-state index in [1.807, 2.05) is 0 Å². The molecule has 3 aromatic rings. The van der Waals surface area contributed by atoms with Gasteiger partial charge in [-0.15, -0.1) is 0 Å². The summed E-state index contributed by atoms with van der Waals surface area (Å²) in [5, 5.41) is 9.78. The van der Waals surface area contributed by atoms with E-state index in [1.54, 1.807) is 31.2 Å². The summed E-state index contributed by atoms with van der Waals surface area (Å²) in [4.78, 5) is 20.7. The quantitative estimate of drug-likeness (QED) is 0.682. The van der Waals surface area contributed by atoms with Crippen molar-refractivity contribution in [2.75, 3.05) is 10.6 Å². The van der Waals surface area contributed by atoms with Crippen LogP contribution in [-0.4, -0.2) is 25.7 Å². The second kappa shape index (κ2) is 7.67. The van der Waals surface area contributed by atoms with E-state index in [9.17, 15) is 13.6 Å². The molecule has 0 fully saturated rings. The van der Waals surface area contributed by atoms with Gasteiger partial charge in [-0.05, 0) is 31.2 Å². The van der Waals surface area contributed by atoms with E-state index in [2.05, 4.69) is 25.7 Å². The van der Waals surface area contributed by atoms with Crippen molar-refractivity contribution < 1.29 is 13.6 Å². The molecule has 140 valence electrons. The van der Waals surface area contributed by atoms with Crippen molar-refractivity contribution in [3.63, 3.8) is 0 Å². The van der Waals surface area contributed by atoms with Crippen LogP contribution in [0.25, 0.3) is 0 Å². The first kappa shape index (κ1) is 18.7. The van der Waals surface area contributed by atoms with Crippen molar-refractivity contribution in [1.82, 2.24) is 19.7 Å². The van der Waals surface area contributed by atoms with Crippen molar-refractivity contribution in [1.29, 1.82) is 0 Å². The number of hydrogen-bond acceptors (Lipinski definition) is 5. The van der Waals surface area contributed by atoms with Crippen LogP contribution in [0.3, 0.4) is 0 Å². The lowest BCUT2D eigenvalue weighted by Gasteiger charge is -2.10. The lowest BCUT2D eigenvalue weighted by Crippen LogP contribution is -2.15. The van der Waals surface area contributed by atoms with Crippen molar-refractivity contribution in [3.05, 3.63) is 58.6 Å². The van der Waals surface area contributed by atoms with Crippen molar-refractivity contribution in [2.24, 2.45) is 7.05 Å². The lowest BCUT2D eigenvalue weighted by atomic mass is 10.2. The van der Waals surface area contributed by atoms with Gasteiger partial charge in [0.15, 0.2) is 0 Å². The molecule has 0 aliphatic carbocycles. The summed E-state index contributed by atoms with van der Waals surface area (Å²) in [6.07, 6.45) is -1.63. The molecule has 0 spiro atoms. The molecule has 2 heterocycles. The minimum Gasteiger partial charge on any atom is -0.340 e. The number of amides is 1. The fourth-order valence-electron chi connectivity index (χ4n) is 2.40. The Labute approximate surface area is 158 Å². The number of benzene rings is 1. The molecule has 3 rings (SSSR count). The number of alkyl halides is 2. The number of aromatic nitrogens is 4. The first-order chi connectivity index (χ1) is 12.8. The number of carbonyl (C=O) groups excluding carboxylic acids is 1. The van der Waals surface area contributed by atoms with Gasteiger partial charge in [0.1, 0.15) is 23.2 Å². The third kappa shape index (κ3) is 4.56. The van der Waals surface area contributed by atoms with Crippen LogP contribution in [-0.2, 0) is 7.05 Å². The van der Waals surface area contributed by atoms with Crippen molar-refractivity contribution >= 4 is 34.8 Å². The van der Waals surface area contributed by atoms with Crippen LogP contribution >= 0.6 is 11.6 Å². The molecule has 27 heavy (non-hydrogen) atoms. The fourth-order valence-corrected chi connectivity index (χ4v) is 2.53. The molecule has 0 radical (unpaired) electrons. The number of halogens is 3. The van der Waals surface area contributed by atoms with Crippen LogP contribution < -0.4 is 10.6 Å². The van der Waals surface area contributed by atoms with Gasteiger partial charge in [-0.3, -0.25) is 9.48 Å². The van der Waals surface area contributed by atoms with Crippen molar-refractivity contribution in [2.45, 2.75) is 13.3 Å². The van der Waals surface area contributed by atoms with E-state index < -0.39 is 18.0 Å². The number of aryl methyl sites for hydroxylation is 2. The molecule has 0 atom stereocenters. The molecule has 0 aliphatic rings. The van der Waals surface area contributed by atoms with Gasteiger partial charge < -0.3 is 10.6 Å². The zero-order valence-corrected chi connectivity index (χ0v) is 15.1. The Balaban J connectivity index is 1.82. The van der Waals surface area contributed by atoms with Gasteiger partial charge in [-0.1, -0.05) is 11.6 Å². The normalized spacial score (nSPS) is 10.9. The molecular weight excluding hydrogens is 378 g/mol. The average Bonchev–Trinajstić information content (AvgIpc) is 2.99. The average molecular weight is 393 g/mol. The molecule has 0 aliphatic heterocycles. The number of carbonyl (C=O) groups is 1. The van der Waals surface area contributed by atoms with Crippen LogP contribution in [0.5, 0.6) is 0 Å². The van der Waals surface area contributed by atoms with Crippen LogP contribution in [0.4, 0.5) is 26.1 Å². The Hall–Kier alpha value is -3.07.